The van der Waals surface area contributed by atoms with Crippen LogP contribution in [0, 0.1) is 0 Å². The first-order valence-corrected chi connectivity index (χ1v) is 5.98. The van der Waals surface area contributed by atoms with Crippen LogP contribution >= 0.6 is 0 Å². The molecular weight excluding hydrogens is 212 g/mol. The molecule has 1 aromatic heterocycles. The van der Waals surface area contributed by atoms with Crippen LogP contribution in [0.3, 0.4) is 0 Å². The van der Waals surface area contributed by atoms with Gasteiger partial charge in [0.25, 0.3) is 0 Å². The lowest BCUT2D eigenvalue weighted by atomic mass is 10.2. The van der Waals surface area contributed by atoms with E-state index in [1.807, 2.05) is 24.4 Å². The second kappa shape index (κ2) is 4.30. The third kappa shape index (κ3) is 2.08. The molecule has 1 unspecified atom stereocenters. The molecule has 1 atom stereocenters. The highest BCUT2D eigenvalue weighted by atomic mass is 15.2. The Morgan fingerprint density at radius 2 is 2.24 bits per heavy atom. The van der Waals surface area contributed by atoms with E-state index in [9.17, 15) is 0 Å². The third-order valence-corrected chi connectivity index (χ3v) is 3.30. The van der Waals surface area contributed by atoms with E-state index >= 15 is 0 Å². The summed E-state index contributed by atoms with van der Waals surface area (Å²) in [4.78, 5) is 2.34. The van der Waals surface area contributed by atoms with Crippen molar-refractivity contribution in [2.45, 2.75) is 12.5 Å². The van der Waals surface area contributed by atoms with Gasteiger partial charge in [-0.05, 0) is 26.1 Å². The first kappa shape index (κ1) is 10.5. The van der Waals surface area contributed by atoms with Gasteiger partial charge in [0, 0.05) is 18.0 Å². The lowest BCUT2D eigenvalue weighted by Gasteiger charge is -2.15. The Balaban J connectivity index is 1.90. The van der Waals surface area contributed by atoms with Crippen molar-refractivity contribution < 1.29 is 0 Å². The molecule has 0 bridgehead atoms. The van der Waals surface area contributed by atoms with Crippen LogP contribution in [-0.4, -0.2) is 41.3 Å². The van der Waals surface area contributed by atoms with E-state index in [0.717, 1.165) is 29.7 Å². The summed E-state index contributed by atoms with van der Waals surface area (Å²) in [6.07, 6.45) is 3.01. The van der Waals surface area contributed by atoms with E-state index in [0.29, 0.717) is 6.04 Å². The lowest BCUT2D eigenvalue weighted by Crippen LogP contribution is -2.23. The fraction of sp³-hybridized carbons (Fsp3) is 0.385. The van der Waals surface area contributed by atoms with Crippen molar-refractivity contribution in [2.75, 3.05) is 25.5 Å². The summed E-state index contributed by atoms with van der Waals surface area (Å²) in [5.74, 6) is 0. The Morgan fingerprint density at radius 1 is 1.35 bits per heavy atom. The van der Waals surface area contributed by atoms with Gasteiger partial charge < -0.3 is 10.2 Å². The van der Waals surface area contributed by atoms with Gasteiger partial charge in [-0.1, -0.05) is 18.2 Å². The molecule has 1 fully saturated rings. The number of benzene rings is 1. The van der Waals surface area contributed by atoms with Crippen molar-refractivity contribution in [1.82, 2.24) is 15.1 Å². The first-order chi connectivity index (χ1) is 8.33. The van der Waals surface area contributed by atoms with Gasteiger partial charge in [0.1, 0.15) is 0 Å². The molecule has 1 aromatic carbocycles. The van der Waals surface area contributed by atoms with Gasteiger partial charge in [-0.25, -0.2) is 0 Å². The average molecular weight is 228 g/mol. The molecule has 0 radical (unpaired) electrons. The zero-order valence-electron chi connectivity index (χ0n) is 9.93. The molecule has 2 aromatic rings. The summed E-state index contributed by atoms with van der Waals surface area (Å²) in [6, 6.07) is 8.63. The van der Waals surface area contributed by atoms with Gasteiger partial charge in [-0.2, -0.15) is 10.2 Å². The van der Waals surface area contributed by atoms with E-state index in [1.54, 1.807) is 0 Å². The van der Waals surface area contributed by atoms with Crippen LogP contribution < -0.4 is 5.32 Å². The smallest absolute Gasteiger partial charge is 0.0950 e. The van der Waals surface area contributed by atoms with Crippen LogP contribution in [0.15, 0.2) is 30.5 Å². The number of fused-ring (bicyclic) bond motifs is 1. The van der Waals surface area contributed by atoms with Crippen molar-refractivity contribution in [3.8, 4) is 0 Å². The van der Waals surface area contributed by atoms with Gasteiger partial charge in [0.15, 0.2) is 0 Å². The molecule has 1 aliphatic rings. The number of likely N-dealkylation sites (N-methyl/N-ethyl adjacent to an activating group) is 1. The second-order valence-corrected chi connectivity index (χ2v) is 4.67. The van der Waals surface area contributed by atoms with Crippen LogP contribution in [0.4, 0.5) is 5.69 Å². The van der Waals surface area contributed by atoms with E-state index in [4.69, 9.17) is 0 Å². The van der Waals surface area contributed by atoms with Gasteiger partial charge in [0.05, 0.1) is 17.4 Å². The van der Waals surface area contributed by atoms with Crippen LogP contribution in [0.2, 0.25) is 0 Å². The molecule has 1 aliphatic heterocycles. The number of anilines is 1. The number of likely N-dealkylation sites (tertiary alicyclic amines) is 1. The molecule has 88 valence electrons. The van der Waals surface area contributed by atoms with Crippen molar-refractivity contribution in [1.29, 1.82) is 0 Å². The van der Waals surface area contributed by atoms with Crippen LogP contribution in [0.5, 0.6) is 0 Å². The summed E-state index contributed by atoms with van der Waals surface area (Å²) < 4.78 is 0. The minimum absolute atomic E-state index is 0.521. The monoisotopic (exact) mass is 228 g/mol. The molecule has 0 spiro atoms. The lowest BCUT2D eigenvalue weighted by molar-refractivity contribution is 0.414. The molecule has 1 saturated heterocycles. The number of hydrogen-bond acceptors (Lipinski definition) is 4. The summed E-state index contributed by atoms with van der Waals surface area (Å²) in [7, 11) is 2.16. The minimum Gasteiger partial charge on any atom is -0.379 e. The van der Waals surface area contributed by atoms with E-state index in [2.05, 4.69) is 33.5 Å². The molecule has 2 heterocycles. The van der Waals surface area contributed by atoms with Gasteiger partial charge in [-0.3, -0.25) is 0 Å². The number of aromatic nitrogens is 2. The molecule has 0 saturated carbocycles. The molecule has 1 N–H and O–H groups in total. The third-order valence-electron chi connectivity index (χ3n) is 3.30. The second-order valence-electron chi connectivity index (χ2n) is 4.67. The highest BCUT2D eigenvalue weighted by Gasteiger charge is 2.19. The van der Waals surface area contributed by atoms with Crippen LogP contribution in [0.25, 0.3) is 10.9 Å². The normalized spacial score (nSPS) is 20.9. The van der Waals surface area contributed by atoms with E-state index < -0.39 is 0 Å². The van der Waals surface area contributed by atoms with Crippen molar-refractivity contribution in [3.05, 3.63) is 30.5 Å². The summed E-state index contributed by atoms with van der Waals surface area (Å²) >= 11 is 0. The van der Waals surface area contributed by atoms with Crippen LogP contribution in [-0.2, 0) is 0 Å². The number of rotatable bonds is 2. The SMILES string of the molecule is CN1CCC(Nc2cnnc3ccccc23)C1. The van der Waals surface area contributed by atoms with Gasteiger partial charge in [-0.15, -0.1) is 0 Å². The van der Waals surface area contributed by atoms with E-state index in [-0.39, 0.29) is 0 Å². The summed E-state index contributed by atoms with van der Waals surface area (Å²) in [5.41, 5.74) is 2.04. The highest BCUT2D eigenvalue weighted by Crippen LogP contribution is 2.22. The summed E-state index contributed by atoms with van der Waals surface area (Å²) in [5, 5.41) is 12.9. The maximum Gasteiger partial charge on any atom is 0.0950 e. The number of hydrogen-bond donors (Lipinski definition) is 1. The fourth-order valence-corrected chi connectivity index (χ4v) is 2.39. The summed E-state index contributed by atoms with van der Waals surface area (Å²) in [6.45, 7) is 2.25. The topological polar surface area (TPSA) is 41.0 Å². The van der Waals surface area contributed by atoms with Gasteiger partial charge >= 0.3 is 0 Å². The molecule has 0 aliphatic carbocycles. The first-order valence-electron chi connectivity index (χ1n) is 5.98. The van der Waals surface area contributed by atoms with Crippen LogP contribution in [0.1, 0.15) is 6.42 Å². The minimum atomic E-state index is 0.521. The predicted molar refractivity (Wildman–Crippen MR) is 69.1 cm³/mol. The Hall–Kier alpha value is -1.68. The average Bonchev–Trinajstić information content (AvgIpc) is 2.75. The zero-order valence-corrected chi connectivity index (χ0v) is 9.93. The maximum atomic E-state index is 4.13. The Labute approximate surface area is 101 Å². The Bertz CT molecular complexity index is 520. The Kier molecular flexibility index (Phi) is 2.65. The molecule has 17 heavy (non-hydrogen) atoms. The van der Waals surface area contributed by atoms with Crippen molar-refractivity contribution in [2.24, 2.45) is 0 Å². The molecule has 0 amide bonds. The number of nitrogens with one attached hydrogen (secondary N) is 1. The maximum absolute atomic E-state index is 4.13. The molecule has 4 nitrogen and oxygen atoms in total. The Morgan fingerprint density at radius 3 is 3.06 bits per heavy atom. The van der Waals surface area contributed by atoms with Gasteiger partial charge in [0.2, 0.25) is 0 Å². The standard InChI is InChI=1S/C13H16N4/c1-17-7-6-10(9-17)15-13-8-14-16-12-5-3-2-4-11(12)13/h2-5,8,10H,6-7,9H2,1H3,(H,15,16). The zero-order chi connectivity index (χ0) is 11.7. The predicted octanol–water partition coefficient (Wildman–Crippen LogP) is 1.75. The molecule has 4 heteroatoms. The quantitative estimate of drug-likeness (QED) is 0.850. The highest BCUT2D eigenvalue weighted by molar-refractivity contribution is 5.90. The molecule has 3 rings (SSSR count). The molecular formula is C13H16N4. The largest absolute Gasteiger partial charge is 0.379 e. The number of nitrogens with zero attached hydrogens (tertiary/aromatic N) is 3. The van der Waals surface area contributed by atoms with E-state index in [1.165, 1.54) is 6.42 Å². The van der Waals surface area contributed by atoms with Crippen molar-refractivity contribution >= 4 is 16.6 Å². The fourth-order valence-electron chi connectivity index (χ4n) is 2.39. The van der Waals surface area contributed by atoms with Crippen molar-refractivity contribution in [3.63, 3.8) is 0 Å².